The highest BCUT2D eigenvalue weighted by Crippen LogP contribution is 2.50. The number of benzene rings is 2. The van der Waals surface area contributed by atoms with Crippen LogP contribution in [0.3, 0.4) is 0 Å². The summed E-state index contributed by atoms with van der Waals surface area (Å²) in [6.07, 6.45) is -0.998. The molecule has 164 valence electrons. The highest BCUT2D eigenvalue weighted by atomic mass is 28.4. The summed E-state index contributed by atoms with van der Waals surface area (Å²) in [6.45, 7) is 8.86. The number of rotatable bonds is 7. The van der Waals surface area contributed by atoms with Crippen LogP contribution in [0.15, 0.2) is 60.7 Å². The Bertz CT molecular complexity index is 898. The largest absolute Gasteiger partial charge is 0.466 e. The van der Waals surface area contributed by atoms with Gasteiger partial charge < -0.3 is 13.9 Å². The maximum atomic E-state index is 12.9. The fourth-order valence-corrected chi connectivity index (χ4v) is 9.42. The van der Waals surface area contributed by atoms with Gasteiger partial charge in [0.15, 0.2) is 5.78 Å². The first-order valence-corrected chi connectivity index (χ1v) is 12.8. The Labute approximate surface area is 184 Å². The van der Waals surface area contributed by atoms with Gasteiger partial charge in [-0.05, 0) is 22.3 Å². The second kappa shape index (κ2) is 8.34. The number of hydrogen-bond acceptors (Lipinski definition) is 5. The molecule has 6 heteroatoms. The molecular formula is C25H30O5Si. The van der Waals surface area contributed by atoms with Gasteiger partial charge in [0.25, 0.3) is 8.32 Å². The Hall–Kier alpha value is -2.28. The van der Waals surface area contributed by atoms with Gasteiger partial charge in [-0.2, -0.15) is 0 Å². The van der Waals surface area contributed by atoms with Gasteiger partial charge in [0.05, 0.1) is 31.2 Å². The number of hydrogen-bond donors (Lipinski definition) is 0. The molecular weight excluding hydrogens is 408 g/mol. The first-order chi connectivity index (χ1) is 14.8. The molecule has 0 amide bonds. The molecule has 2 aromatic rings. The predicted molar refractivity (Wildman–Crippen MR) is 121 cm³/mol. The molecule has 0 spiro atoms. The Morgan fingerprint density at radius 3 is 1.97 bits per heavy atom. The van der Waals surface area contributed by atoms with Gasteiger partial charge in [0.1, 0.15) is 6.10 Å². The van der Waals surface area contributed by atoms with Gasteiger partial charge in [-0.15, -0.1) is 0 Å². The van der Waals surface area contributed by atoms with Crippen molar-refractivity contribution in [1.82, 2.24) is 0 Å². The molecule has 4 rings (SSSR count). The van der Waals surface area contributed by atoms with Crippen LogP contribution in [0.25, 0.3) is 0 Å². The lowest BCUT2D eigenvalue weighted by Gasteiger charge is -2.43. The third-order valence-electron chi connectivity index (χ3n) is 6.35. The molecule has 2 fully saturated rings. The first kappa shape index (κ1) is 21.9. The van der Waals surface area contributed by atoms with Crippen LogP contribution < -0.4 is 10.4 Å². The fraction of sp³-hybridized carbons (Fsp3) is 0.440. The first-order valence-electron chi connectivity index (χ1n) is 10.9. The molecule has 0 radical (unpaired) electrons. The van der Waals surface area contributed by atoms with E-state index in [2.05, 4.69) is 45.0 Å². The van der Waals surface area contributed by atoms with E-state index in [1.165, 1.54) is 0 Å². The molecule has 2 aliphatic rings. The average molecular weight is 439 g/mol. The molecule has 1 saturated carbocycles. The predicted octanol–water partition coefficient (Wildman–Crippen LogP) is 2.71. The zero-order valence-electron chi connectivity index (χ0n) is 18.5. The van der Waals surface area contributed by atoms with Gasteiger partial charge >= 0.3 is 5.97 Å². The van der Waals surface area contributed by atoms with E-state index in [0.717, 1.165) is 10.4 Å². The number of ether oxygens (including phenoxy) is 2. The number of Topliss-reactive ketones (excluding diaryl/α,β-unsaturated/α-hetero) is 1. The van der Waals surface area contributed by atoms with Crippen molar-refractivity contribution in [2.45, 2.75) is 44.9 Å². The highest BCUT2D eigenvalue weighted by molar-refractivity contribution is 6.99. The lowest BCUT2D eigenvalue weighted by atomic mass is 10.1. The monoisotopic (exact) mass is 438 g/mol. The zero-order chi connectivity index (χ0) is 22.2. The van der Waals surface area contributed by atoms with E-state index in [9.17, 15) is 9.59 Å². The lowest BCUT2D eigenvalue weighted by molar-refractivity contribution is -0.149. The smallest absolute Gasteiger partial charge is 0.312 e. The fourth-order valence-electron chi connectivity index (χ4n) is 4.87. The number of carbonyl (C=O) groups excluding carboxylic acids is 2. The Morgan fingerprint density at radius 2 is 1.55 bits per heavy atom. The quantitative estimate of drug-likeness (QED) is 0.491. The Balaban J connectivity index is 1.59. The van der Waals surface area contributed by atoms with E-state index in [1.54, 1.807) is 6.92 Å². The summed E-state index contributed by atoms with van der Waals surface area (Å²) in [5.41, 5.74) is 0. The Morgan fingerprint density at radius 1 is 1.00 bits per heavy atom. The van der Waals surface area contributed by atoms with Crippen LogP contribution in [0.4, 0.5) is 0 Å². The molecule has 2 aromatic carbocycles. The highest BCUT2D eigenvalue weighted by Gasteiger charge is 2.68. The number of esters is 1. The van der Waals surface area contributed by atoms with Gasteiger partial charge in [-0.3, -0.25) is 9.59 Å². The van der Waals surface area contributed by atoms with Crippen molar-refractivity contribution >= 4 is 30.4 Å². The topological polar surface area (TPSA) is 61.8 Å². The third kappa shape index (κ3) is 3.77. The molecule has 1 saturated heterocycles. The molecule has 1 aliphatic heterocycles. The molecule has 4 atom stereocenters. The SMILES string of the molecule is CCOC(=O)[C@@H]1[C@H]2O[C@H](CO[Si](c3ccccc3)(c3ccccc3)C(C)(C)C)C(=O)[C@H]21. The number of carbonyl (C=O) groups is 2. The van der Waals surface area contributed by atoms with E-state index >= 15 is 0 Å². The van der Waals surface area contributed by atoms with Gasteiger partial charge in [0, 0.05) is 0 Å². The maximum absolute atomic E-state index is 12.9. The van der Waals surface area contributed by atoms with Gasteiger partial charge in [-0.1, -0.05) is 81.4 Å². The summed E-state index contributed by atoms with van der Waals surface area (Å²) < 4.78 is 17.8. The van der Waals surface area contributed by atoms with E-state index in [-0.39, 0.29) is 35.4 Å². The summed E-state index contributed by atoms with van der Waals surface area (Å²) in [5, 5.41) is 2.15. The van der Waals surface area contributed by atoms with Crippen molar-refractivity contribution < 1.29 is 23.5 Å². The van der Waals surface area contributed by atoms with Crippen molar-refractivity contribution in [2.24, 2.45) is 11.8 Å². The van der Waals surface area contributed by atoms with Crippen LogP contribution in [0.5, 0.6) is 0 Å². The Kier molecular flexibility index (Phi) is 5.90. The van der Waals surface area contributed by atoms with Crippen molar-refractivity contribution in [3.63, 3.8) is 0 Å². The normalized spacial score (nSPS) is 25.2. The molecule has 0 N–H and O–H groups in total. The summed E-state index contributed by atoms with van der Waals surface area (Å²) in [5.74, 6) is -1.21. The van der Waals surface area contributed by atoms with E-state index in [0.29, 0.717) is 6.61 Å². The van der Waals surface area contributed by atoms with Crippen LogP contribution in [0.2, 0.25) is 5.04 Å². The van der Waals surface area contributed by atoms with Crippen molar-refractivity contribution in [3.8, 4) is 0 Å². The van der Waals surface area contributed by atoms with E-state index < -0.39 is 20.3 Å². The molecule has 0 unspecified atom stereocenters. The van der Waals surface area contributed by atoms with Crippen molar-refractivity contribution in [3.05, 3.63) is 60.7 Å². The maximum Gasteiger partial charge on any atom is 0.312 e. The summed E-state index contributed by atoms with van der Waals surface area (Å²) in [4.78, 5) is 24.9. The lowest BCUT2D eigenvalue weighted by Crippen LogP contribution is -2.67. The summed E-state index contributed by atoms with van der Waals surface area (Å²) >= 11 is 0. The van der Waals surface area contributed by atoms with Crippen LogP contribution in [-0.2, 0) is 23.5 Å². The molecule has 1 aliphatic carbocycles. The minimum Gasteiger partial charge on any atom is -0.466 e. The van der Waals surface area contributed by atoms with E-state index in [1.807, 2.05) is 36.4 Å². The molecule has 31 heavy (non-hydrogen) atoms. The van der Waals surface area contributed by atoms with Crippen LogP contribution in [-0.4, -0.2) is 45.5 Å². The average Bonchev–Trinajstić information content (AvgIpc) is 3.38. The van der Waals surface area contributed by atoms with Crippen LogP contribution in [0, 0.1) is 11.8 Å². The molecule has 1 heterocycles. The molecule has 0 aromatic heterocycles. The zero-order valence-corrected chi connectivity index (χ0v) is 19.5. The third-order valence-corrected chi connectivity index (χ3v) is 11.4. The molecule has 0 bridgehead atoms. The second-order valence-electron chi connectivity index (χ2n) is 9.27. The second-order valence-corrected chi connectivity index (χ2v) is 13.6. The molecule has 5 nitrogen and oxygen atoms in total. The minimum absolute atomic E-state index is 0.0408. The van der Waals surface area contributed by atoms with E-state index in [4.69, 9.17) is 13.9 Å². The van der Waals surface area contributed by atoms with Crippen molar-refractivity contribution in [1.29, 1.82) is 0 Å². The standard InChI is InChI=1S/C25H30O5Si/c1-5-28-24(27)21-20-22(26)19(30-23(20)21)16-29-31(25(2,3)4,17-12-8-6-9-13-17)18-14-10-7-11-15-18/h6-15,19-21,23H,5,16H2,1-4H3/t19-,20-,21+,23+/m1/s1. The van der Waals surface area contributed by atoms with Crippen LogP contribution >= 0.6 is 0 Å². The number of ketones is 1. The van der Waals surface area contributed by atoms with Crippen molar-refractivity contribution in [2.75, 3.05) is 13.2 Å². The van der Waals surface area contributed by atoms with Crippen LogP contribution in [0.1, 0.15) is 27.7 Å². The number of fused-ring (bicyclic) bond motifs is 1. The van der Waals surface area contributed by atoms with Gasteiger partial charge in [-0.25, -0.2) is 0 Å². The minimum atomic E-state index is -2.73. The summed E-state index contributed by atoms with van der Waals surface area (Å²) in [6, 6.07) is 20.6. The van der Waals surface area contributed by atoms with Gasteiger partial charge in [0.2, 0.25) is 0 Å². The summed E-state index contributed by atoms with van der Waals surface area (Å²) in [7, 11) is -2.73.